The highest BCUT2D eigenvalue weighted by molar-refractivity contribution is 4.84. The van der Waals surface area contributed by atoms with Crippen LogP contribution in [-0.4, -0.2) is 16.7 Å². The molecular weight excluding hydrogens is 126 g/mol. The zero-order valence-corrected chi connectivity index (χ0v) is 6.38. The van der Waals surface area contributed by atoms with Gasteiger partial charge in [-0.15, -0.1) is 0 Å². The van der Waals surface area contributed by atoms with Crippen LogP contribution in [-0.2, 0) is 0 Å². The minimum Gasteiger partial charge on any atom is -0.396 e. The molecule has 0 spiro atoms. The summed E-state index contributed by atoms with van der Waals surface area (Å²) in [4.78, 5) is 2.86. The lowest BCUT2D eigenvalue weighted by atomic mass is 10.4. The van der Waals surface area contributed by atoms with Gasteiger partial charge in [0.2, 0.25) is 0 Å². The third-order valence-corrected chi connectivity index (χ3v) is 1.01. The maximum atomic E-state index is 8.07. The van der Waals surface area contributed by atoms with Crippen molar-refractivity contribution >= 4 is 0 Å². The zero-order valence-electron chi connectivity index (χ0n) is 6.38. The van der Waals surface area contributed by atoms with Crippen molar-refractivity contribution in [1.29, 1.82) is 0 Å². The van der Waals surface area contributed by atoms with Crippen LogP contribution < -0.4 is 0 Å². The molecule has 1 aromatic heterocycles. The van der Waals surface area contributed by atoms with Gasteiger partial charge in [-0.1, -0.05) is 13.3 Å². The number of aliphatic hydroxyl groups excluding tert-OH is 1. The highest BCUT2D eigenvalue weighted by atomic mass is 16.2. The van der Waals surface area contributed by atoms with E-state index < -0.39 is 0 Å². The fourth-order valence-electron chi connectivity index (χ4n) is 0.436. The third-order valence-electron chi connectivity index (χ3n) is 1.01. The van der Waals surface area contributed by atoms with Gasteiger partial charge < -0.3 is 10.1 Å². The van der Waals surface area contributed by atoms with Crippen LogP contribution in [0.3, 0.4) is 0 Å². The lowest BCUT2D eigenvalue weighted by Crippen LogP contribution is -1.75. The summed E-state index contributed by atoms with van der Waals surface area (Å²) in [6.07, 6.45) is 5.79. The van der Waals surface area contributed by atoms with Gasteiger partial charge in [0, 0.05) is 19.0 Å². The molecule has 0 amide bonds. The summed E-state index contributed by atoms with van der Waals surface area (Å²) in [5.74, 6) is 0. The van der Waals surface area contributed by atoms with E-state index in [1.165, 1.54) is 0 Å². The van der Waals surface area contributed by atoms with E-state index in [4.69, 9.17) is 5.11 Å². The van der Waals surface area contributed by atoms with Crippen LogP contribution in [0.4, 0.5) is 0 Å². The summed E-state index contributed by atoms with van der Waals surface area (Å²) in [6.45, 7) is 2.40. The molecule has 58 valence electrons. The van der Waals surface area contributed by atoms with Crippen LogP contribution in [0.1, 0.15) is 19.8 Å². The number of H-pyrrole nitrogens is 1. The van der Waals surface area contributed by atoms with E-state index in [1.54, 1.807) is 0 Å². The molecule has 1 heterocycles. The summed E-state index contributed by atoms with van der Waals surface area (Å²) < 4.78 is 0. The van der Waals surface area contributed by atoms with Crippen LogP contribution in [0.2, 0.25) is 0 Å². The Balaban J connectivity index is 0.000000162. The first-order valence-corrected chi connectivity index (χ1v) is 3.60. The van der Waals surface area contributed by atoms with Gasteiger partial charge in [-0.2, -0.15) is 0 Å². The fraction of sp³-hybridized carbons (Fsp3) is 0.500. The van der Waals surface area contributed by atoms with Gasteiger partial charge in [-0.25, -0.2) is 0 Å². The first-order valence-electron chi connectivity index (χ1n) is 3.60. The molecule has 0 aromatic carbocycles. The molecule has 10 heavy (non-hydrogen) atoms. The van der Waals surface area contributed by atoms with Crippen LogP contribution in [0, 0.1) is 0 Å². The lowest BCUT2D eigenvalue weighted by Gasteiger charge is -1.79. The van der Waals surface area contributed by atoms with Crippen molar-refractivity contribution in [2.45, 2.75) is 19.8 Å². The van der Waals surface area contributed by atoms with Crippen molar-refractivity contribution < 1.29 is 5.11 Å². The van der Waals surface area contributed by atoms with Gasteiger partial charge in [0.05, 0.1) is 0 Å². The van der Waals surface area contributed by atoms with Crippen molar-refractivity contribution in [1.82, 2.24) is 4.98 Å². The SMILES string of the molecule is CCCCO.c1cc[nH]c1. The maximum absolute atomic E-state index is 8.07. The molecule has 0 atom stereocenters. The number of aliphatic hydroxyl groups is 1. The van der Waals surface area contributed by atoms with E-state index in [1.807, 2.05) is 24.5 Å². The maximum Gasteiger partial charge on any atom is 0.0430 e. The van der Waals surface area contributed by atoms with E-state index in [0.29, 0.717) is 6.61 Å². The molecule has 2 heteroatoms. The number of hydrogen-bond donors (Lipinski definition) is 2. The summed E-state index contributed by atoms with van der Waals surface area (Å²) in [6, 6.07) is 3.89. The zero-order chi connectivity index (χ0) is 7.66. The van der Waals surface area contributed by atoms with E-state index >= 15 is 0 Å². The standard InChI is InChI=1S/C4H5N.C4H10O/c1-2-4-5-3-1;1-2-3-4-5/h1-5H;5H,2-4H2,1H3. The van der Waals surface area contributed by atoms with Crippen molar-refractivity contribution in [2.24, 2.45) is 0 Å². The second kappa shape index (κ2) is 8.24. The number of unbranched alkanes of at least 4 members (excludes halogenated alkanes) is 1. The Labute approximate surface area is 61.9 Å². The van der Waals surface area contributed by atoms with Gasteiger partial charge in [-0.3, -0.25) is 0 Å². The summed E-state index contributed by atoms with van der Waals surface area (Å²) >= 11 is 0. The predicted octanol–water partition coefficient (Wildman–Crippen LogP) is 1.79. The van der Waals surface area contributed by atoms with Crippen molar-refractivity contribution in [3.63, 3.8) is 0 Å². The molecule has 0 unspecified atom stereocenters. The Bertz CT molecular complexity index is 95.6. The molecule has 0 bridgehead atoms. The molecule has 0 saturated heterocycles. The number of nitrogens with one attached hydrogen (secondary N) is 1. The van der Waals surface area contributed by atoms with Gasteiger partial charge >= 0.3 is 0 Å². The molecule has 0 radical (unpaired) electrons. The predicted molar refractivity (Wildman–Crippen MR) is 42.8 cm³/mol. The first-order chi connectivity index (χ1) is 4.91. The summed E-state index contributed by atoms with van der Waals surface area (Å²) in [5.41, 5.74) is 0. The number of hydrogen-bond acceptors (Lipinski definition) is 1. The third kappa shape index (κ3) is 7.24. The van der Waals surface area contributed by atoms with Gasteiger partial charge in [0.1, 0.15) is 0 Å². The smallest absolute Gasteiger partial charge is 0.0430 e. The van der Waals surface area contributed by atoms with Crippen molar-refractivity contribution in [2.75, 3.05) is 6.61 Å². The summed E-state index contributed by atoms with van der Waals surface area (Å²) in [7, 11) is 0. The van der Waals surface area contributed by atoms with Gasteiger partial charge in [0.15, 0.2) is 0 Å². The molecule has 0 fully saturated rings. The highest BCUT2D eigenvalue weighted by Crippen LogP contribution is 1.78. The number of aromatic amines is 1. The lowest BCUT2D eigenvalue weighted by molar-refractivity contribution is 0.287. The average Bonchev–Trinajstić information content (AvgIpc) is 2.44. The van der Waals surface area contributed by atoms with Gasteiger partial charge in [-0.05, 0) is 18.6 Å². The topological polar surface area (TPSA) is 36.0 Å². The van der Waals surface area contributed by atoms with Crippen molar-refractivity contribution in [3.8, 4) is 0 Å². The van der Waals surface area contributed by atoms with E-state index in [-0.39, 0.29) is 0 Å². The number of aromatic nitrogens is 1. The first kappa shape index (κ1) is 9.24. The van der Waals surface area contributed by atoms with Crippen LogP contribution in [0.25, 0.3) is 0 Å². The normalized spacial score (nSPS) is 8.20. The van der Waals surface area contributed by atoms with E-state index in [0.717, 1.165) is 12.8 Å². The Morgan fingerprint density at radius 2 is 1.90 bits per heavy atom. The molecular formula is C8H15NO. The molecule has 2 N–H and O–H groups in total. The largest absolute Gasteiger partial charge is 0.396 e. The minimum atomic E-state index is 0.344. The monoisotopic (exact) mass is 141 g/mol. The highest BCUT2D eigenvalue weighted by Gasteiger charge is 1.69. The minimum absolute atomic E-state index is 0.344. The number of rotatable bonds is 2. The molecule has 1 aromatic rings. The Morgan fingerprint density at radius 3 is 2.00 bits per heavy atom. The van der Waals surface area contributed by atoms with Crippen LogP contribution in [0.5, 0.6) is 0 Å². The molecule has 0 saturated carbocycles. The summed E-state index contributed by atoms with van der Waals surface area (Å²) in [5, 5.41) is 8.07. The average molecular weight is 141 g/mol. The molecule has 0 aliphatic rings. The Hall–Kier alpha value is -0.760. The second-order valence-electron chi connectivity index (χ2n) is 1.96. The van der Waals surface area contributed by atoms with Crippen molar-refractivity contribution in [3.05, 3.63) is 24.5 Å². The molecule has 1 rings (SSSR count). The van der Waals surface area contributed by atoms with Crippen LogP contribution >= 0.6 is 0 Å². The second-order valence-corrected chi connectivity index (χ2v) is 1.96. The Morgan fingerprint density at radius 1 is 1.30 bits per heavy atom. The molecule has 0 aliphatic carbocycles. The quantitative estimate of drug-likeness (QED) is 0.647. The Kier molecular flexibility index (Phi) is 7.61. The fourth-order valence-corrected chi connectivity index (χ4v) is 0.436. The van der Waals surface area contributed by atoms with E-state index in [2.05, 4.69) is 11.9 Å². The van der Waals surface area contributed by atoms with Gasteiger partial charge in [0.25, 0.3) is 0 Å². The molecule has 2 nitrogen and oxygen atoms in total. The van der Waals surface area contributed by atoms with Crippen LogP contribution in [0.15, 0.2) is 24.5 Å². The van der Waals surface area contributed by atoms with E-state index in [9.17, 15) is 0 Å². The molecule has 0 aliphatic heterocycles.